The minimum atomic E-state index is -0.504. The van der Waals surface area contributed by atoms with E-state index >= 15 is 0 Å². The second-order valence-corrected chi connectivity index (χ2v) is 8.14. The van der Waals surface area contributed by atoms with Gasteiger partial charge in [0.25, 0.3) is 0 Å². The molecule has 1 aromatic rings. The van der Waals surface area contributed by atoms with E-state index in [-0.39, 0.29) is 30.1 Å². The van der Waals surface area contributed by atoms with Crippen molar-refractivity contribution in [3.8, 4) is 5.75 Å². The number of ether oxygens (including phenoxy) is 3. The van der Waals surface area contributed by atoms with Gasteiger partial charge >= 0.3 is 5.97 Å². The summed E-state index contributed by atoms with van der Waals surface area (Å²) < 4.78 is 16.8. The average molecular weight is 382 g/mol. The molecule has 5 rings (SSSR count). The van der Waals surface area contributed by atoms with Crippen molar-refractivity contribution >= 4 is 17.4 Å². The van der Waals surface area contributed by atoms with Gasteiger partial charge < -0.3 is 14.2 Å². The molecular formula is C22H26N2O4. The molecule has 2 saturated heterocycles. The van der Waals surface area contributed by atoms with E-state index in [0.717, 1.165) is 35.7 Å². The minimum Gasteiger partial charge on any atom is -0.497 e. The fraction of sp³-hybridized carbons (Fsp3) is 0.545. The van der Waals surface area contributed by atoms with Crippen LogP contribution in [0.4, 0.5) is 5.69 Å². The van der Waals surface area contributed by atoms with Gasteiger partial charge in [-0.1, -0.05) is 11.6 Å². The molecule has 3 aliphatic heterocycles. The van der Waals surface area contributed by atoms with Gasteiger partial charge in [0.1, 0.15) is 12.0 Å². The molecule has 6 nitrogen and oxygen atoms in total. The Morgan fingerprint density at radius 2 is 2.14 bits per heavy atom. The van der Waals surface area contributed by atoms with Gasteiger partial charge in [-0.25, -0.2) is 0 Å². The topological polar surface area (TPSA) is 60.4 Å². The molecule has 3 fully saturated rings. The zero-order chi connectivity index (χ0) is 19.6. The Balaban J connectivity index is 1.79. The summed E-state index contributed by atoms with van der Waals surface area (Å²) in [7, 11) is 4.92. The summed E-state index contributed by atoms with van der Waals surface area (Å²) in [5.41, 5.74) is 3.91. The van der Waals surface area contributed by atoms with Gasteiger partial charge in [0.05, 0.1) is 37.3 Å². The lowest BCUT2D eigenvalue weighted by Crippen LogP contribution is -2.71. The highest BCUT2D eigenvalue weighted by molar-refractivity contribution is 6.10. The van der Waals surface area contributed by atoms with Crippen LogP contribution in [0.3, 0.4) is 0 Å². The maximum Gasteiger partial charge on any atom is 0.310 e. The molecule has 0 aromatic heterocycles. The second-order valence-electron chi connectivity index (χ2n) is 8.14. The molecule has 28 heavy (non-hydrogen) atoms. The monoisotopic (exact) mass is 382 g/mol. The average Bonchev–Trinajstić information content (AvgIpc) is 3.06. The summed E-state index contributed by atoms with van der Waals surface area (Å²) in [5.74, 6) is 0.489. The van der Waals surface area contributed by atoms with Crippen molar-refractivity contribution in [1.29, 1.82) is 0 Å². The van der Waals surface area contributed by atoms with Crippen LogP contribution < -0.4 is 4.74 Å². The molecule has 0 amide bonds. The number of carbonyl (C=O) groups is 1. The lowest BCUT2D eigenvalue weighted by atomic mass is 9.50. The Kier molecular flexibility index (Phi) is 3.93. The summed E-state index contributed by atoms with van der Waals surface area (Å²) in [5, 5.41) is 0. The molecule has 3 bridgehead atoms. The molecule has 1 aliphatic carbocycles. The Hall–Kier alpha value is -2.18. The summed E-state index contributed by atoms with van der Waals surface area (Å²) in [6, 6.07) is 6.19. The first-order valence-electron chi connectivity index (χ1n) is 9.88. The van der Waals surface area contributed by atoms with Gasteiger partial charge in [0.2, 0.25) is 0 Å². The highest BCUT2D eigenvalue weighted by Gasteiger charge is 2.67. The van der Waals surface area contributed by atoms with Gasteiger partial charge in [0, 0.05) is 25.8 Å². The highest BCUT2D eigenvalue weighted by Crippen LogP contribution is 2.61. The minimum absolute atomic E-state index is 0.0653. The summed E-state index contributed by atoms with van der Waals surface area (Å²) in [4.78, 5) is 20.7. The van der Waals surface area contributed by atoms with Gasteiger partial charge in [0.15, 0.2) is 0 Å². The molecule has 3 heterocycles. The first-order chi connectivity index (χ1) is 13.6. The number of allylic oxidation sites excluding steroid dienone is 1. The number of hydrogen-bond donors (Lipinski definition) is 0. The van der Waals surface area contributed by atoms with Crippen molar-refractivity contribution in [2.24, 2.45) is 16.8 Å². The Morgan fingerprint density at radius 1 is 1.32 bits per heavy atom. The van der Waals surface area contributed by atoms with Crippen molar-refractivity contribution in [3.05, 3.63) is 35.4 Å². The third-order valence-electron chi connectivity index (χ3n) is 7.31. The van der Waals surface area contributed by atoms with Gasteiger partial charge in [-0.15, -0.1) is 0 Å². The SMILES string of the molecule is C/C=C1\CN2C3C[C@H]1[C@@H](C(=O)OC)[C@@]1(C[C@@H]2OC)C3=Nc2ccc(OC)cc21. The smallest absolute Gasteiger partial charge is 0.310 e. The van der Waals surface area contributed by atoms with Crippen LogP contribution in [-0.4, -0.2) is 56.7 Å². The van der Waals surface area contributed by atoms with Crippen LogP contribution in [0.15, 0.2) is 34.8 Å². The van der Waals surface area contributed by atoms with Crippen molar-refractivity contribution in [1.82, 2.24) is 4.90 Å². The first-order valence-corrected chi connectivity index (χ1v) is 9.88. The number of carbonyl (C=O) groups excluding carboxylic acids is 1. The van der Waals surface area contributed by atoms with E-state index in [9.17, 15) is 4.79 Å². The van der Waals surface area contributed by atoms with Crippen LogP contribution in [0.5, 0.6) is 5.75 Å². The number of nitrogens with zero attached hydrogens (tertiary/aromatic N) is 2. The molecular weight excluding hydrogens is 356 g/mol. The zero-order valence-electron chi connectivity index (χ0n) is 16.8. The number of methoxy groups -OCH3 is 3. The van der Waals surface area contributed by atoms with Gasteiger partial charge in [-0.05, 0) is 43.0 Å². The number of benzene rings is 1. The van der Waals surface area contributed by atoms with Crippen LogP contribution in [0.2, 0.25) is 0 Å². The maximum atomic E-state index is 13.2. The Bertz CT molecular complexity index is 908. The summed E-state index contributed by atoms with van der Waals surface area (Å²) in [6.45, 7) is 2.88. The van der Waals surface area contributed by atoms with E-state index in [2.05, 4.69) is 24.0 Å². The number of fused-ring (bicyclic) bond motifs is 2. The van der Waals surface area contributed by atoms with E-state index < -0.39 is 5.41 Å². The van der Waals surface area contributed by atoms with E-state index in [1.54, 1.807) is 14.2 Å². The van der Waals surface area contributed by atoms with E-state index in [1.165, 1.54) is 12.7 Å². The lowest BCUT2D eigenvalue weighted by molar-refractivity contribution is -0.158. The van der Waals surface area contributed by atoms with Crippen LogP contribution >= 0.6 is 0 Å². The third kappa shape index (κ3) is 2.05. The molecule has 1 aromatic carbocycles. The molecule has 148 valence electrons. The van der Waals surface area contributed by atoms with Crippen LogP contribution in [0.25, 0.3) is 0 Å². The number of aliphatic imine (C=N–C) groups is 1. The van der Waals surface area contributed by atoms with Crippen molar-refractivity contribution in [2.75, 3.05) is 27.9 Å². The van der Waals surface area contributed by atoms with Crippen molar-refractivity contribution in [3.63, 3.8) is 0 Å². The first kappa shape index (κ1) is 17.9. The van der Waals surface area contributed by atoms with Crippen LogP contribution in [0.1, 0.15) is 25.3 Å². The number of esters is 1. The maximum absolute atomic E-state index is 13.2. The largest absolute Gasteiger partial charge is 0.497 e. The predicted molar refractivity (Wildman–Crippen MR) is 105 cm³/mol. The zero-order valence-corrected chi connectivity index (χ0v) is 16.8. The normalized spacial score (nSPS) is 36.7. The van der Waals surface area contributed by atoms with Crippen LogP contribution in [-0.2, 0) is 19.7 Å². The fourth-order valence-electron chi connectivity index (χ4n) is 6.14. The Labute approximate surface area is 165 Å². The number of hydrogen-bond acceptors (Lipinski definition) is 6. The van der Waals surface area contributed by atoms with Gasteiger partial charge in [-0.2, -0.15) is 0 Å². The molecule has 0 radical (unpaired) electrons. The van der Waals surface area contributed by atoms with Gasteiger partial charge in [-0.3, -0.25) is 14.7 Å². The highest BCUT2D eigenvalue weighted by atomic mass is 16.5. The number of rotatable bonds is 3. The quantitative estimate of drug-likeness (QED) is 0.594. The van der Waals surface area contributed by atoms with Crippen molar-refractivity contribution < 1.29 is 19.0 Å². The molecule has 0 spiro atoms. The summed E-state index contributed by atoms with van der Waals surface area (Å²) >= 11 is 0. The Morgan fingerprint density at radius 3 is 2.82 bits per heavy atom. The molecule has 4 aliphatic rings. The molecule has 6 heteroatoms. The lowest BCUT2D eigenvalue weighted by Gasteiger charge is -2.61. The molecule has 0 N–H and O–H groups in total. The molecule has 1 unspecified atom stereocenters. The molecule has 5 atom stereocenters. The standard InChI is InChI=1S/C22H26N2O4/c1-5-12-11-24-17-9-14(12)19(21(25)28-4)22(10-18(24)27-3)15-8-13(26-2)6-7-16(15)23-20(17)22/h5-8,14,17-19H,9-11H2,1-4H3/b12-5+/t14-,17?,18+,19+,22+/m1/s1. The van der Waals surface area contributed by atoms with E-state index in [4.69, 9.17) is 19.2 Å². The third-order valence-corrected chi connectivity index (χ3v) is 7.31. The van der Waals surface area contributed by atoms with Crippen LogP contribution in [0, 0.1) is 11.8 Å². The fourth-order valence-corrected chi connectivity index (χ4v) is 6.14. The predicted octanol–water partition coefficient (Wildman–Crippen LogP) is 2.83. The number of piperidine rings is 2. The summed E-state index contributed by atoms with van der Waals surface area (Å²) in [6.07, 6.45) is 3.68. The molecule has 1 saturated carbocycles. The van der Waals surface area contributed by atoms with Crippen molar-refractivity contribution in [2.45, 2.75) is 37.5 Å². The van der Waals surface area contributed by atoms with E-state index in [0.29, 0.717) is 6.42 Å². The second kappa shape index (κ2) is 6.16. The van der Waals surface area contributed by atoms with E-state index in [1.807, 2.05) is 12.1 Å².